The van der Waals surface area contributed by atoms with Crippen molar-refractivity contribution in [2.45, 2.75) is 26.7 Å². The molecular formula is C13H17NO3. The maximum Gasteiger partial charge on any atom is 0.306 e. The second-order valence-corrected chi connectivity index (χ2v) is 3.83. The van der Waals surface area contributed by atoms with Crippen LogP contribution >= 0.6 is 0 Å². The van der Waals surface area contributed by atoms with Gasteiger partial charge in [0.05, 0.1) is 0 Å². The first-order valence-electron chi connectivity index (χ1n) is 5.64. The Balaban J connectivity index is 2.37. The van der Waals surface area contributed by atoms with E-state index >= 15 is 0 Å². The van der Waals surface area contributed by atoms with Gasteiger partial charge in [-0.05, 0) is 31.0 Å². The van der Waals surface area contributed by atoms with E-state index in [1.807, 2.05) is 32.0 Å². The molecular weight excluding hydrogens is 218 g/mol. The van der Waals surface area contributed by atoms with Crippen molar-refractivity contribution in [2.75, 3.05) is 11.9 Å². The van der Waals surface area contributed by atoms with Gasteiger partial charge in [-0.3, -0.25) is 9.59 Å². The van der Waals surface area contributed by atoms with Gasteiger partial charge in [-0.15, -0.1) is 0 Å². The van der Waals surface area contributed by atoms with Crippen LogP contribution in [0.5, 0.6) is 0 Å². The summed E-state index contributed by atoms with van der Waals surface area (Å²) in [6, 6.07) is 7.44. The third-order valence-corrected chi connectivity index (χ3v) is 2.12. The first-order chi connectivity index (χ1) is 8.11. The molecule has 0 saturated heterocycles. The van der Waals surface area contributed by atoms with Crippen LogP contribution < -0.4 is 5.32 Å². The summed E-state index contributed by atoms with van der Waals surface area (Å²) < 4.78 is 4.80. The SMILES string of the molecule is CCCC(=O)OCC(=O)Nc1cccc(C)c1. The Morgan fingerprint density at radius 2 is 2.12 bits per heavy atom. The minimum absolute atomic E-state index is 0.229. The fourth-order valence-electron chi connectivity index (χ4n) is 1.34. The van der Waals surface area contributed by atoms with Crippen molar-refractivity contribution in [1.82, 2.24) is 0 Å². The van der Waals surface area contributed by atoms with Gasteiger partial charge in [-0.1, -0.05) is 19.1 Å². The summed E-state index contributed by atoms with van der Waals surface area (Å²) in [5.74, 6) is -0.660. The van der Waals surface area contributed by atoms with Crippen LogP contribution in [0.4, 0.5) is 5.69 Å². The van der Waals surface area contributed by atoms with E-state index in [9.17, 15) is 9.59 Å². The number of nitrogens with one attached hydrogen (secondary N) is 1. The second-order valence-electron chi connectivity index (χ2n) is 3.83. The lowest BCUT2D eigenvalue weighted by Crippen LogP contribution is -2.20. The zero-order chi connectivity index (χ0) is 12.7. The zero-order valence-electron chi connectivity index (χ0n) is 10.2. The number of hydrogen-bond acceptors (Lipinski definition) is 3. The first-order valence-corrected chi connectivity index (χ1v) is 5.64. The number of benzene rings is 1. The topological polar surface area (TPSA) is 55.4 Å². The number of esters is 1. The first kappa shape index (κ1) is 13.2. The smallest absolute Gasteiger partial charge is 0.306 e. The van der Waals surface area contributed by atoms with E-state index in [4.69, 9.17) is 4.74 Å². The Hall–Kier alpha value is -1.84. The zero-order valence-corrected chi connectivity index (χ0v) is 10.2. The van der Waals surface area contributed by atoms with Crippen LogP contribution in [0.15, 0.2) is 24.3 Å². The summed E-state index contributed by atoms with van der Waals surface area (Å²) in [4.78, 5) is 22.5. The van der Waals surface area contributed by atoms with Gasteiger partial charge >= 0.3 is 5.97 Å². The average Bonchev–Trinajstić information content (AvgIpc) is 2.27. The van der Waals surface area contributed by atoms with Crippen LogP contribution in [0.2, 0.25) is 0 Å². The van der Waals surface area contributed by atoms with Crippen LogP contribution in [0.1, 0.15) is 25.3 Å². The molecule has 0 aromatic heterocycles. The average molecular weight is 235 g/mol. The highest BCUT2D eigenvalue weighted by molar-refractivity contribution is 5.92. The van der Waals surface area contributed by atoms with Gasteiger partial charge in [0.1, 0.15) is 0 Å². The maximum atomic E-state index is 11.4. The standard InChI is InChI=1S/C13H17NO3/c1-3-5-13(16)17-9-12(15)14-11-7-4-6-10(2)8-11/h4,6-8H,3,5,9H2,1-2H3,(H,14,15). The number of anilines is 1. The highest BCUT2D eigenvalue weighted by Crippen LogP contribution is 2.09. The summed E-state index contributed by atoms with van der Waals surface area (Å²) in [5.41, 5.74) is 1.77. The summed E-state index contributed by atoms with van der Waals surface area (Å²) >= 11 is 0. The van der Waals surface area contributed by atoms with Crippen LogP contribution in [0, 0.1) is 6.92 Å². The highest BCUT2D eigenvalue weighted by atomic mass is 16.5. The molecule has 4 heteroatoms. The molecule has 4 nitrogen and oxygen atoms in total. The molecule has 0 aliphatic rings. The van der Waals surface area contributed by atoms with Crippen molar-refractivity contribution >= 4 is 17.6 Å². The summed E-state index contributed by atoms with van der Waals surface area (Å²) in [6.45, 7) is 3.60. The molecule has 92 valence electrons. The number of ether oxygens (including phenoxy) is 1. The second kappa shape index (κ2) is 6.68. The summed E-state index contributed by atoms with van der Waals surface area (Å²) in [6.07, 6.45) is 1.07. The van der Waals surface area contributed by atoms with Crippen molar-refractivity contribution in [3.63, 3.8) is 0 Å². The molecule has 0 aliphatic carbocycles. The van der Waals surface area contributed by atoms with Crippen LogP contribution in [0.3, 0.4) is 0 Å². The molecule has 0 saturated carbocycles. The Bertz CT molecular complexity index is 401. The maximum absolute atomic E-state index is 11.4. The largest absolute Gasteiger partial charge is 0.456 e. The molecule has 17 heavy (non-hydrogen) atoms. The Morgan fingerprint density at radius 3 is 2.76 bits per heavy atom. The van der Waals surface area contributed by atoms with Crippen molar-refractivity contribution < 1.29 is 14.3 Å². The molecule has 0 radical (unpaired) electrons. The summed E-state index contributed by atoms with van der Waals surface area (Å²) in [5, 5.41) is 2.66. The molecule has 0 fully saturated rings. The Kier molecular flexibility index (Phi) is 5.20. The monoisotopic (exact) mass is 235 g/mol. The van der Waals surface area contributed by atoms with E-state index in [0.29, 0.717) is 12.1 Å². The molecule has 1 aromatic rings. The fourth-order valence-corrected chi connectivity index (χ4v) is 1.34. The van der Waals surface area contributed by atoms with Crippen LogP contribution in [0.25, 0.3) is 0 Å². The highest BCUT2D eigenvalue weighted by Gasteiger charge is 2.06. The van der Waals surface area contributed by atoms with E-state index in [0.717, 1.165) is 12.0 Å². The molecule has 1 rings (SSSR count). The molecule has 1 aromatic carbocycles. The van der Waals surface area contributed by atoms with Gasteiger partial charge < -0.3 is 10.1 Å². The number of aryl methyl sites for hydroxylation is 1. The van der Waals surface area contributed by atoms with Crippen LogP contribution in [-0.4, -0.2) is 18.5 Å². The molecule has 0 heterocycles. The fraction of sp³-hybridized carbons (Fsp3) is 0.385. The van der Waals surface area contributed by atoms with Crippen LogP contribution in [-0.2, 0) is 14.3 Å². The number of amides is 1. The van der Waals surface area contributed by atoms with Gasteiger partial charge in [-0.25, -0.2) is 0 Å². The van der Waals surface area contributed by atoms with Crippen molar-refractivity contribution in [1.29, 1.82) is 0 Å². The van der Waals surface area contributed by atoms with Crippen molar-refractivity contribution in [3.8, 4) is 0 Å². The van der Waals surface area contributed by atoms with E-state index in [2.05, 4.69) is 5.32 Å². The number of hydrogen-bond donors (Lipinski definition) is 1. The molecule has 0 bridgehead atoms. The summed E-state index contributed by atoms with van der Waals surface area (Å²) in [7, 11) is 0. The lowest BCUT2D eigenvalue weighted by molar-refractivity contribution is -0.147. The van der Waals surface area contributed by atoms with Gasteiger partial charge in [0.25, 0.3) is 5.91 Å². The minimum Gasteiger partial charge on any atom is -0.456 e. The van der Waals surface area contributed by atoms with Crippen molar-refractivity contribution in [3.05, 3.63) is 29.8 Å². The predicted molar refractivity (Wildman–Crippen MR) is 65.7 cm³/mol. The van der Waals surface area contributed by atoms with Gasteiger partial charge in [0, 0.05) is 12.1 Å². The lowest BCUT2D eigenvalue weighted by Gasteiger charge is -2.06. The third-order valence-electron chi connectivity index (χ3n) is 2.12. The molecule has 0 unspecified atom stereocenters. The van der Waals surface area contributed by atoms with E-state index in [1.165, 1.54) is 0 Å². The number of rotatable bonds is 5. The Morgan fingerprint density at radius 1 is 1.35 bits per heavy atom. The van der Waals surface area contributed by atoms with Gasteiger partial charge in [-0.2, -0.15) is 0 Å². The third kappa shape index (κ3) is 5.15. The van der Waals surface area contributed by atoms with Gasteiger partial charge in [0.2, 0.25) is 0 Å². The van der Waals surface area contributed by atoms with E-state index in [1.54, 1.807) is 6.07 Å². The van der Waals surface area contributed by atoms with Crippen molar-refractivity contribution in [2.24, 2.45) is 0 Å². The normalized spacial score (nSPS) is 9.76. The molecule has 0 spiro atoms. The minimum atomic E-state index is -0.341. The van der Waals surface area contributed by atoms with E-state index in [-0.39, 0.29) is 18.5 Å². The predicted octanol–water partition coefficient (Wildman–Crippen LogP) is 2.28. The lowest BCUT2D eigenvalue weighted by atomic mass is 10.2. The molecule has 1 N–H and O–H groups in total. The van der Waals surface area contributed by atoms with Gasteiger partial charge in [0.15, 0.2) is 6.61 Å². The number of carbonyl (C=O) groups excluding carboxylic acids is 2. The molecule has 1 amide bonds. The Labute approximate surface area is 101 Å². The number of carbonyl (C=O) groups is 2. The molecule has 0 aliphatic heterocycles. The van der Waals surface area contributed by atoms with E-state index < -0.39 is 0 Å². The molecule has 0 atom stereocenters. The quantitative estimate of drug-likeness (QED) is 0.796.